The molecule has 0 aromatic heterocycles. The SMILES string of the molecule is C[C@@H]1[C@H](C)CCC[C@@H]1[NH2+]CC(=O)Nc1ccccc1-c1ccccc1. The highest BCUT2D eigenvalue weighted by molar-refractivity contribution is 5.95. The van der Waals surface area contributed by atoms with Crippen LogP contribution < -0.4 is 10.6 Å². The van der Waals surface area contributed by atoms with Crippen LogP contribution in [0.3, 0.4) is 0 Å². The van der Waals surface area contributed by atoms with Crippen LogP contribution in [0.4, 0.5) is 5.69 Å². The summed E-state index contributed by atoms with van der Waals surface area (Å²) in [6.45, 7) is 5.15. The van der Waals surface area contributed by atoms with Gasteiger partial charge in [0.2, 0.25) is 0 Å². The van der Waals surface area contributed by atoms with Gasteiger partial charge in [-0.05, 0) is 36.8 Å². The zero-order valence-corrected chi connectivity index (χ0v) is 15.2. The van der Waals surface area contributed by atoms with E-state index in [1.807, 2.05) is 36.4 Å². The number of hydrogen-bond acceptors (Lipinski definition) is 1. The Morgan fingerprint density at radius 2 is 1.76 bits per heavy atom. The summed E-state index contributed by atoms with van der Waals surface area (Å²) in [6.07, 6.45) is 3.83. The number of nitrogens with one attached hydrogen (secondary N) is 1. The van der Waals surface area contributed by atoms with E-state index in [4.69, 9.17) is 0 Å². The van der Waals surface area contributed by atoms with Crippen molar-refractivity contribution in [1.29, 1.82) is 0 Å². The minimum absolute atomic E-state index is 0.0776. The minimum Gasteiger partial charge on any atom is -0.336 e. The van der Waals surface area contributed by atoms with E-state index < -0.39 is 0 Å². The molecule has 3 nitrogen and oxygen atoms in total. The van der Waals surface area contributed by atoms with Crippen LogP contribution in [0.15, 0.2) is 54.6 Å². The standard InChI is InChI=1S/C22H28N2O/c1-16-9-8-14-20(17(16)2)23-15-22(25)24-21-13-7-6-12-19(21)18-10-4-3-5-11-18/h3-7,10-13,16-17,20,23H,8-9,14-15H2,1-2H3,(H,24,25)/p+1/t16-,17-,20+/m1/s1. The van der Waals surface area contributed by atoms with Crippen molar-refractivity contribution in [2.75, 3.05) is 11.9 Å². The Kier molecular flexibility index (Phi) is 5.87. The second kappa shape index (κ2) is 8.30. The molecule has 1 fully saturated rings. The topological polar surface area (TPSA) is 45.7 Å². The summed E-state index contributed by atoms with van der Waals surface area (Å²) < 4.78 is 0. The third-order valence-electron chi connectivity index (χ3n) is 5.66. The first-order valence-electron chi connectivity index (χ1n) is 9.43. The Morgan fingerprint density at radius 1 is 1.04 bits per heavy atom. The Bertz CT molecular complexity index is 698. The number of anilines is 1. The van der Waals surface area contributed by atoms with Gasteiger partial charge in [0.05, 0.1) is 6.04 Å². The van der Waals surface area contributed by atoms with Gasteiger partial charge in [0.15, 0.2) is 6.54 Å². The average molecular weight is 337 g/mol. The molecular weight excluding hydrogens is 308 g/mol. The summed E-state index contributed by atoms with van der Waals surface area (Å²) in [6, 6.07) is 18.8. The van der Waals surface area contributed by atoms with Crippen LogP contribution >= 0.6 is 0 Å². The number of amides is 1. The first-order chi connectivity index (χ1) is 12.1. The number of para-hydroxylation sites is 1. The van der Waals surface area contributed by atoms with Crippen LogP contribution in [0.2, 0.25) is 0 Å². The fourth-order valence-corrected chi connectivity index (χ4v) is 3.88. The van der Waals surface area contributed by atoms with Crippen LogP contribution in [-0.2, 0) is 4.79 Å². The summed E-state index contributed by atoms with van der Waals surface area (Å²) in [5, 5.41) is 5.34. The molecule has 1 amide bonds. The summed E-state index contributed by atoms with van der Waals surface area (Å²) in [5.41, 5.74) is 3.07. The van der Waals surface area contributed by atoms with E-state index in [1.165, 1.54) is 19.3 Å². The van der Waals surface area contributed by atoms with Crippen molar-refractivity contribution < 1.29 is 10.1 Å². The minimum atomic E-state index is 0.0776. The van der Waals surface area contributed by atoms with Gasteiger partial charge in [-0.2, -0.15) is 0 Å². The maximum Gasteiger partial charge on any atom is 0.279 e. The molecular formula is C22H29N2O+. The Hall–Kier alpha value is -2.13. The van der Waals surface area contributed by atoms with Crippen molar-refractivity contribution in [3.8, 4) is 11.1 Å². The normalized spacial score (nSPS) is 23.2. The predicted octanol–water partition coefficient (Wildman–Crippen LogP) is 3.68. The van der Waals surface area contributed by atoms with Crippen LogP contribution in [0.1, 0.15) is 33.1 Å². The second-order valence-electron chi connectivity index (χ2n) is 7.33. The van der Waals surface area contributed by atoms with Crippen molar-refractivity contribution in [1.82, 2.24) is 0 Å². The molecule has 25 heavy (non-hydrogen) atoms. The smallest absolute Gasteiger partial charge is 0.279 e. The summed E-state index contributed by atoms with van der Waals surface area (Å²) in [4.78, 5) is 12.5. The van der Waals surface area contributed by atoms with Gasteiger partial charge < -0.3 is 10.6 Å². The van der Waals surface area contributed by atoms with Gasteiger partial charge in [-0.15, -0.1) is 0 Å². The number of benzene rings is 2. The van der Waals surface area contributed by atoms with Crippen molar-refractivity contribution in [2.24, 2.45) is 11.8 Å². The molecule has 0 aliphatic heterocycles. The molecule has 0 radical (unpaired) electrons. The van der Waals surface area contributed by atoms with E-state index >= 15 is 0 Å². The molecule has 0 heterocycles. The van der Waals surface area contributed by atoms with Gasteiger partial charge >= 0.3 is 0 Å². The average Bonchev–Trinajstić information content (AvgIpc) is 2.64. The zero-order chi connectivity index (χ0) is 17.6. The number of nitrogens with two attached hydrogens (primary N) is 1. The Morgan fingerprint density at radius 3 is 2.56 bits per heavy atom. The lowest BCUT2D eigenvalue weighted by Crippen LogP contribution is -2.93. The first-order valence-corrected chi connectivity index (χ1v) is 9.43. The molecule has 3 atom stereocenters. The lowest BCUT2D eigenvalue weighted by atomic mass is 9.78. The molecule has 0 unspecified atom stereocenters. The monoisotopic (exact) mass is 337 g/mol. The van der Waals surface area contributed by atoms with Gasteiger partial charge in [0, 0.05) is 17.2 Å². The number of carbonyl (C=O) groups excluding carboxylic acids is 1. The van der Waals surface area contributed by atoms with E-state index in [0.717, 1.165) is 22.7 Å². The van der Waals surface area contributed by atoms with Gasteiger partial charge in [0.25, 0.3) is 5.91 Å². The highest BCUT2D eigenvalue weighted by atomic mass is 16.1. The predicted molar refractivity (Wildman–Crippen MR) is 103 cm³/mol. The van der Waals surface area contributed by atoms with Gasteiger partial charge in [0.1, 0.15) is 0 Å². The third-order valence-corrected chi connectivity index (χ3v) is 5.66. The lowest BCUT2D eigenvalue weighted by molar-refractivity contribution is -0.688. The van der Waals surface area contributed by atoms with Crippen LogP contribution in [0.5, 0.6) is 0 Å². The number of quaternary nitrogens is 1. The largest absolute Gasteiger partial charge is 0.336 e. The number of carbonyl (C=O) groups is 1. The maximum absolute atomic E-state index is 12.5. The van der Waals surface area contributed by atoms with Crippen molar-refractivity contribution >= 4 is 11.6 Å². The molecule has 132 valence electrons. The molecule has 3 rings (SSSR count). The highest BCUT2D eigenvalue weighted by Gasteiger charge is 2.29. The van der Waals surface area contributed by atoms with Crippen LogP contribution in [0, 0.1) is 11.8 Å². The lowest BCUT2D eigenvalue weighted by Gasteiger charge is -2.31. The van der Waals surface area contributed by atoms with Gasteiger partial charge in [-0.1, -0.05) is 62.4 Å². The molecule has 3 N–H and O–H groups in total. The molecule has 2 aromatic carbocycles. The molecule has 3 heteroatoms. The quantitative estimate of drug-likeness (QED) is 0.859. The van der Waals surface area contributed by atoms with E-state index in [2.05, 4.69) is 42.7 Å². The first kappa shape index (κ1) is 17.7. The Balaban J connectivity index is 1.62. The summed E-state index contributed by atoms with van der Waals surface area (Å²) >= 11 is 0. The van der Waals surface area contributed by atoms with Crippen molar-refractivity contribution in [3.05, 3.63) is 54.6 Å². The summed E-state index contributed by atoms with van der Waals surface area (Å²) in [7, 11) is 0. The number of hydrogen-bond donors (Lipinski definition) is 2. The second-order valence-corrected chi connectivity index (χ2v) is 7.33. The van der Waals surface area contributed by atoms with E-state index in [-0.39, 0.29) is 5.91 Å². The molecule has 1 saturated carbocycles. The number of rotatable bonds is 5. The molecule has 1 aliphatic carbocycles. The van der Waals surface area contributed by atoms with E-state index in [1.54, 1.807) is 0 Å². The Labute approximate surface area is 150 Å². The van der Waals surface area contributed by atoms with E-state index in [0.29, 0.717) is 18.5 Å². The van der Waals surface area contributed by atoms with Gasteiger partial charge in [-0.3, -0.25) is 4.79 Å². The highest BCUT2D eigenvalue weighted by Crippen LogP contribution is 2.28. The van der Waals surface area contributed by atoms with Crippen LogP contribution in [0.25, 0.3) is 11.1 Å². The molecule has 0 saturated heterocycles. The van der Waals surface area contributed by atoms with E-state index in [9.17, 15) is 4.79 Å². The molecule has 2 aromatic rings. The fourth-order valence-electron chi connectivity index (χ4n) is 3.88. The molecule has 0 spiro atoms. The van der Waals surface area contributed by atoms with Crippen molar-refractivity contribution in [2.45, 2.75) is 39.2 Å². The third kappa shape index (κ3) is 4.49. The maximum atomic E-state index is 12.5. The molecule has 1 aliphatic rings. The zero-order valence-electron chi connectivity index (χ0n) is 15.2. The van der Waals surface area contributed by atoms with Crippen LogP contribution in [-0.4, -0.2) is 18.5 Å². The van der Waals surface area contributed by atoms with Crippen molar-refractivity contribution in [3.63, 3.8) is 0 Å². The fraction of sp³-hybridized carbons (Fsp3) is 0.409. The van der Waals surface area contributed by atoms with Gasteiger partial charge in [-0.25, -0.2) is 0 Å². The summed E-state index contributed by atoms with van der Waals surface area (Å²) in [5.74, 6) is 1.52. The molecule has 0 bridgehead atoms.